The number of nitrogens with zero attached hydrogens (tertiary/aromatic N) is 2. The standard InChI is InChI=1S/C11H13N3S2/c1-7(2)3-5-16-11-13-9(12)8-4-6-15-10(8)14-11/h4,6H,1,3,5H2,2H3,(H2,12,13,14). The summed E-state index contributed by atoms with van der Waals surface area (Å²) in [7, 11) is 0. The molecule has 5 heteroatoms. The summed E-state index contributed by atoms with van der Waals surface area (Å²) >= 11 is 3.22. The minimum atomic E-state index is 0.573. The van der Waals surface area contributed by atoms with Gasteiger partial charge in [0.1, 0.15) is 10.6 Å². The van der Waals surface area contributed by atoms with E-state index in [2.05, 4.69) is 16.5 Å². The summed E-state index contributed by atoms with van der Waals surface area (Å²) in [5.74, 6) is 1.52. The molecule has 0 bridgehead atoms. The Morgan fingerprint density at radius 2 is 2.38 bits per heavy atom. The van der Waals surface area contributed by atoms with Crippen molar-refractivity contribution in [2.45, 2.75) is 18.5 Å². The molecule has 0 aromatic carbocycles. The van der Waals surface area contributed by atoms with Crippen LogP contribution in [0.15, 0.2) is 28.8 Å². The quantitative estimate of drug-likeness (QED) is 0.514. The second-order valence-corrected chi connectivity index (χ2v) is 5.54. The molecule has 0 aliphatic rings. The zero-order chi connectivity index (χ0) is 11.5. The number of fused-ring (bicyclic) bond motifs is 1. The van der Waals surface area contributed by atoms with E-state index < -0.39 is 0 Å². The molecule has 2 aromatic heterocycles. The third-order valence-corrected chi connectivity index (χ3v) is 3.75. The highest BCUT2D eigenvalue weighted by atomic mass is 32.2. The number of aromatic nitrogens is 2. The molecule has 16 heavy (non-hydrogen) atoms. The van der Waals surface area contributed by atoms with E-state index in [0.717, 1.165) is 27.5 Å². The predicted octanol–water partition coefficient (Wildman–Crippen LogP) is 3.33. The van der Waals surface area contributed by atoms with Crippen molar-refractivity contribution in [2.24, 2.45) is 0 Å². The summed E-state index contributed by atoms with van der Waals surface area (Å²) in [5, 5.41) is 3.70. The fraction of sp³-hybridized carbons (Fsp3) is 0.273. The minimum Gasteiger partial charge on any atom is -0.383 e. The van der Waals surface area contributed by atoms with Gasteiger partial charge in [-0.3, -0.25) is 0 Å². The number of thiophene rings is 1. The molecule has 0 aliphatic heterocycles. The summed E-state index contributed by atoms with van der Waals surface area (Å²) < 4.78 is 0. The van der Waals surface area contributed by atoms with Crippen LogP contribution in [0.2, 0.25) is 0 Å². The van der Waals surface area contributed by atoms with Gasteiger partial charge in [0.05, 0.1) is 5.39 Å². The van der Waals surface area contributed by atoms with E-state index in [0.29, 0.717) is 5.82 Å². The molecular formula is C11H13N3S2. The Morgan fingerprint density at radius 1 is 1.56 bits per heavy atom. The summed E-state index contributed by atoms with van der Waals surface area (Å²) in [6.07, 6.45) is 0.983. The second kappa shape index (κ2) is 4.84. The lowest BCUT2D eigenvalue weighted by atomic mass is 10.3. The van der Waals surface area contributed by atoms with E-state index in [1.54, 1.807) is 23.1 Å². The maximum Gasteiger partial charge on any atom is 0.190 e. The van der Waals surface area contributed by atoms with Gasteiger partial charge in [0, 0.05) is 5.75 Å². The van der Waals surface area contributed by atoms with Gasteiger partial charge in [-0.05, 0) is 24.8 Å². The van der Waals surface area contributed by atoms with Gasteiger partial charge in [-0.2, -0.15) is 0 Å². The largest absolute Gasteiger partial charge is 0.383 e. The average molecular weight is 251 g/mol. The highest BCUT2D eigenvalue weighted by Crippen LogP contribution is 2.26. The molecule has 0 saturated carbocycles. The third-order valence-electron chi connectivity index (χ3n) is 2.09. The zero-order valence-electron chi connectivity index (χ0n) is 9.06. The summed E-state index contributed by atoms with van der Waals surface area (Å²) in [6, 6.07) is 1.96. The van der Waals surface area contributed by atoms with Crippen molar-refractivity contribution in [3.63, 3.8) is 0 Å². The number of nitrogens with two attached hydrogens (primary N) is 1. The predicted molar refractivity (Wildman–Crippen MR) is 72.0 cm³/mol. The van der Waals surface area contributed by atoms with Crippen molar-refractivity contribution in [3.8, 4) is 0 Å². The van der Waals surface area contributed by atoms with E-state index in [-0.39, 0.29) is 0 Å². The number of nitrogen functional groups attached to an aromatic ring is 1. The molecule has 0 atom stereocenters. The van der Waals surface area contributed by atoms with Crippen molar-refractivity contribution >= 4 is 39.1 Å². The fourth-order valence-corrected chi connectivity index (χ4v) is 3.02. The average Bonchev–Trinajstić information content (AvgIpc) is 2.65. The molecule has 3 nitrogen and oxygen atoms in total. The summed E-state index contributed by atoms with van der Waals surface area (Å²) in [5.41, 5.74) is 7.04. The van der Waals surface area contributed by atoms with E-state index in [1.807, 2.05) is 18.4 Å². The Morgan fingerprint density at radius 3 is 3.12 bits per heavy atom. The van der Waals surface area contributed by atoms with Gasteiger partial charge in [-0.25, -0.2) is 9.97 Å². The van der Waals surface area contributed by atoms with Crippen molar-refractivity contribution < 1.29 is 0 Å². The maximum atomic E-state index is 5.86. The molecule has 2 aromatic rings. The first kappa shape index (κ1) is 11.4. The SMILES string of the molecule is C=C(C)CCSc1nc(N)c2ccsc2n1. The maximum absolute atomic E-state index is 5.86. The highest BCUT2D eigenvalue weighted by Gasteiger charge is 2.06. The fourth-order valence-electron chi connectivity index (χ4n) is 1.24. The first-order chi connectivity index (χ1) is 7.66. The number of hydrogen-bond acceptors (Lipinski definition) is 5. The second-order valence-electron chi connectivity index (χ2n) is 3.59. The summed E-state index contributed by atoms with van der Waals surface area (Å²) in [6.45, 7) is 5.89. The normalized spacial score (nSPS) is 10.8. The molecule has 0 saturated heterocycles. The third kappa shape index (κ3) is 2.54. The Kier molecular flexibility index (Phi) is 3.46. The van der Waals surface area contributed by atoms with Gasteiger partial charge >= 0.3 is 0 Å². The minimum absolute atomic E-state index is 0.573. The molecular weight excluding hydrogens is 238 g/mol. The van der Waals surface area contributed by atoms with E-state index in [9.17, 15) is 0 Å². The first-order valence-electron chi connectivity index (χ1n) is 4.94. The van der Waals surface area contributed by atoms with Crippen molar-refractivity contribution in [3.05, 3.63) is 23.6 Å². The zero-order valence-corrected chi connectivity index (χ0v) is 10.7. The number of anilines is 1. The lowest BCUT2D eigenvalue weighted by molar-refractivity contribution is 1.01. The van der Waals surface area contributed by atoms with Crippen LogP contribution in [-0.2, 0) is 0 Å². The smallest absolute Gasteiger partial charge is 0.190 e. The van der Waals surface area contributed by atoms with Crippen LogP contribution in [0.5, 0.6) is 0 Å². The number of allylic oxidation sites excluding steroid dienone is 1. The van der Waals surface area contributed by atoms with Gasteiger partial charge in [-0.15, -0.1) is 17.9 Å². The lowest BCUT2D eigenvalue weighted by Crippen LogP contribution is -1.95. The van der Waals surface area contributed by atoms with E-state index in [1.165, 1.54) is 5.57 Å². The molecule has 0 spiro atoms. The molecule has 0 unspecified atom stereocenters. The van der Waals surface area contributed by atoms with Gasteiger partial charge in [-0.1, -0.05) is 17.3 Å². The highest BCUT2D eigenvalue weighted by molar-refractivity contribution is 7.99. The van der Waals surface area contributed by atoms with Gasteiger partial charge < -0.3 is 5.73 Å². The van der Waals surface area contributed by atoms with Crippen molar-refractivity contribution in [1.29, 1.82) is 0 Å². The first-order valence-corrected chi connectivity index (χ1v) is 6.81. The molecule has 2 rings (SSSR count). The number of hydrogen-bond donors (Lipinski definition) is 1. The topological polar surface area (TPSA) is 51.8 Å². The van der Waals surface area contributed by atoms with Gasteiger partial charge in [0.15, 0.2) is 5.16 Å². The molecule has 0 aliphatic carbocycles. The Balaban J connectivity index is 2.15. The van der Waals surface area contributed by atoms with Crippen LogP contribution in [0.1, 0.15) is 13.3 Å². The molecule has 2 N–H and O–H groups in total. The van der Waals surface area contributed by atoms with Gasteiger partial charge in [0.25, 0.3) is 0 Å². The van der Waals surface area contributed by atoms with E-state index >= 15 is 0 Å². The van der Waals surface area contributed by atoms with Crippen molar-refractivity contribution in [2.75, 3.05) is 11.5 Å². The Bertz CT molecular complexity index is 519. The number of rotatable bonds is 4. The van der Waals surface area contributed by atoms with E-state index in [4.69, 9.17) is 5.73 Å². The van der Waals surface area contributed by atoms with Crippen LogP contribution >= 0.6 is 23.1 Å². The van der Waals surface area contributed by atoms with Gasteiger partial charge in [0.2, 0.25) is 0 Å². The molecule has 84 valence electrons. The molecule has 0 radical (unpaired) electrons. The molecule has 0 fully saturated rings. The van der Waals surface area contributed by atoms with Crippen LogP contribution in [0, 0.1) is 0 Å². The Labute approximate surface area is 103 Å². The molecule has 2 heterocycles. The van der Waals surface area contributed by atoms with Crippen LogP contribution in [0.4, 0.5) is 5.82 Å². The van der Waals surface area contributed by atoms with Crippen LogP contribution in [0.25, 0.3) is 10.2 Å². The van der Waals surface area contributed by atoms with Crippen LogP contribution in [-0.4, -0.2) is 15.7 Å². The monoisotopic (exact) mass is 251 g/mol. The molecule has 0 amide bonds. The number of thioether (sulfide) groups is 1. The van der Waals surface area contributed by atoms with Crippen LogP contribution in [0.3, 0.4) is 0 Å². The Hall–Kier alpha value is -1.07. The van der Waals surface area contributed by atoms with Crippen molar-refractivity contribution in [1.82, 2.24) is 9.97 Å². The van der Waals surface area contributed by atoms with Crippen LogP contribution < -0.4 is 5.73 Å². The summed E-state index contributed by atoms with van der Waals surface area (Å²) in [4.78, 5) is 9.69. The lowest BCUT2D eigenvalue weighted by Gasteiger charge is -2.02.